The molecule has 3 heterocycles. The average Bonchev–Trinajstić information content (AvgIpc) is 3.07. The maximum Gasteiger partial charge on any atom is 0.287 e. The molecule has 0 radical (unpaired) electrons. The van der Waals surface area contributed by atoms with Crippen LogP contribution in [0.2, 0.25) is 0 Å². The molecule has 2 aromatic heterocycles. The van der Waals surface area contributed by atoms with Crippen LogP contribution in [0.5, 0.6) is 5.75 Å². The SMILES string of the molecule is Cc1c(CC(=O)N(C)C)sc2nc(C(=O)NCc3ccc4c(c3)NC(=O)CO4)[nH]c(=O)c12. The van der Waals surface area contributed by atoms with Gasteiger partial charge in [0.2, 0.25) is 11.7 Å². The number of aryl methyl sites for hydroxylation is 1. The molecule has 0 saturated carbocycles. The third-order valence-electron chi connectivity index (χ3n) is 5.05. The number of rotatable bonds is 5. The molecule has 0 fully saturated rings. The molecule has 166 valence electrons. The maximum atomic E-state index is 12.6. The minimum atomic E-state index is -0.543. The number of likely N-dealkylation sites (N-methyl/N-ethyl adjacent to an activating group) is 1. The molecule has 1 aromatic carbocycles. The Morgan fingerprint density at radius 2 is 2.06 bits per heavy atom. The summed E-state index contributed by atoms with van der Waals surface area (Å²) >= 11 is 1.23. The number of carbonyl (C=O) groups is 3. The van der Waals surface area contributed by atoms with Gasteiger partial charge in [-0.15, -0.1) is 11.3 Å². The zero-order valence-electron chi connectivity index (χ0n) is 17.7. The summed E-state index contributed by atoms with van der Waals surface area (Å²) < 4.78 is 5.32. The molecule has 0 aliphatic carbocycles. The Labute approximate surface area is 186 Å². The molecular weight excluding hydrogens is 434 g/mol. The van der Waals surface area contributed by atoms with E-state index in [9.17, 15) is 19.2 Å². The third-order valence-corrected chi connectivity index (χ3v) is 6.24. The van der Waals surface area contributed by atoms with E-state index in [2.05, 4.69) is 20.6 Å². The van der Waals surface area contributed by atoms with Crippen LogP contribution in [0, 0.1) is 6.92 Å². The Hall–Kier alpha value is -3.73. The van der Waals surface area contributed by atoms with E-state index in [4.69, 9.17) is 4.74 Å². The predicted molar refractivity (Wildman–Crippen MR) is 119 cm³/mol. The van der Waals surface area contributed by atoms with Gasteiger partial charge in [-0.3, -0.25) is 19.2 Å². The van der Waals surface area contributed by atoms with E-state index >= 15 is 0 Å². The van der Waals surface area contributed by atoms with Crippen LogP contribution in [0.25, 0.3) is 10.2 Å². The molecule has 0 spiro atoms. The monoisotopic (exact) mass is 455 g/mol. The fourth-order valence-corrected chi connectivity index (χ4v) is 4.44. The van der Waals surface area contributed by atoms with Gasteiger partial charge in [-0.25, -0.2) is 4.98 Å². The molecule has 32 heavy (non-hydrogen) atoms. The van der Waals surface area contributed by atoms with Gasteiger partial charge in [0.1, 0.15) is 10.6 Å². The smallest absolute Gasteiger partial charge is 0.287 e. The van der Waals surface area contributed by atoms with E-state index < -0.39 is 11.5 Å². The Bertz CT molecular complexity index is 1310. The number of hydrogen-bond donors (Lipinski definition) is 3. The topological polar surface area (TPSA) is 133 Å². The van der Waals surface area contributed by atoms with Crippen LogP contribution in [0.15, 0.2) is 23.0 Å². The highest BCUT2D eigenvalue weighted by Crippen LogP contribution is 2.29. The van der Waals surface area contributed by atoms with Crippen molar-refractivity contribution in [2.24, 2.45) is 0 Å². The summed E-state index contributed by atoms with van der Waals surface area (Å²) in [5.41, 5.74) is 1.54. The summed E-state index contributed by atoms with van der Waals surface area (Å²) in [7, 11) is 3.34. The number of nitrogens with one attached hydrogen (secondary N) is 3. The first-order valence-electron chi connectivity index (χ1n) is 9.79. The van der Waals surface area contributed by atoms with Gasteiger partial charge in [0.25, 0.3) is 17.4 Å². The van der Waals surface area contributed by atoms with Gasteiger partial charge in [0.05, 0.1) is 17.5 Å². The molecule has 0 saturated heterocycles. The molecule has 3 aromatic rings. The van der Waals surface area contributed by atoms with Crippen molar-refractivity contribution >= 4 is 45.0 Å². The predicted octanol–water partition coefficient (Wildman–Crippen LogP) is 1.18. The molecular formula is C21H21N5O5S. The van der Waals surface area contributed by atoms with Gasteiger partial charge in [0, 0.05) is 25.5 Å². The number of amides is 3. The number of aromatic amines is 1. The summed E-state index contributed by atoms with van der Waals surface area (Å²) in [5.74, 6) is -0.414. The average molecular weight is 455 g/mol. The Morgan fingerprint density at radius 1 is 1.28 bits per heavy atom. The van der Waals surface area contributed by atoms with Crippen molar-refractivity contribution < 1.29 is 19.1 Å². The molecule has 0 atom stereocenters. The lowest BCUT2D eigenvalue weighted by molar-refractivity contribution is -0.127. The summed E-state index contributed by atoms with van der Waals surface area (Å²) in [6.45, 7) is 1.90. The first-order chi connectivity index (χ1) is 15.2. The van der Waals surface area contributed by atoms with E-state index in [1.54, 1.807) is 39.2 Å². The van der Waals surface area contributed by atoms with Gasteiger partial charge < -0.3 is 25.3 Å². The highest BCUT2D eigenvalue weighted by atomic mass is 32.1. The van der Waals surface area contributed by atoms with Crippen LogP contribution in [0.3, 0.4) is 0 Å². The second kappa shape index (κ2) is 8.42. The Morgan fingerprint density at radius 3 is 2.81 bits per heavy atom. The van der Waals surface area contributed by atoms with Crippen LogP contribution in [-0.2, 0) is 22.6 Å². The summed E-state index contributed by atoms with van der Waals surface area (Å²) in [6.07, 6.45) is 0.166. The number of ether oxygens (including phenoxy) is 1. The van der Waals surface area contributed by atoms with Crippen LogP contribution in [0.1, 0.15) is 26.6 Å². The van der Waals surface area contributed by atoms with Crippen molar-refractivity contribution in [1.82, 2.24) is 20.2 Å². The van der Waals surface area contributed by atoms with Crippen molar-refractivity contribution in [1.29, 1.82) is 0 Å². The van der Waals surface area contributed by atoms with E-state index in [0.29, 0.717) is 27.2 Å². The minimum Gasteiger partial charge on any atom is -0.482 e. The summed E-state index contributed by atoms with van der Waals surface area (Å²) in [4.78, 5) is 58.2. The van der Waals surface area contributed by atoms with Gasteiger partial charge >= 0.3 is 0 Å². The standard InChI is InChI=1S/C21H21N5O5S/c1-10-14(7-16(28)26(2)3)32-21-17(10)19(29)24-18(25-21)20(30)22-8-11-4-5-13-12(6-11)23-15(27)9-31-13/h4-6H,7-9H2,1-3H3,(H,22,30)(H,23,27)(H,24,25,29). The molecule has 10 nitrogen and oxygen atoms in total. The largest absolute Gasteiger partial charge is 0.482 e. The van der Waals surface area contributed by atoms with E-state index in [0.717, 1.165) is 10.4 Å². The lowest BCUT2D eigenvalue weighted by Gasteiger charge is -2.18. The molecule has 3 N–H and O–H groups in total. The molecule has 1 aliphatic heterocycles. The molecule has 0 bridgehead atoms. The van der Waals surface area contributed by atoms with Gasteiger partial charge in [-0.2, -0.15) is 0 Å². The Balaban J connectivity index is 1.52. The summed E-state index contributed by atoms with van der Waals surface area (Å²) in [6, 6.07) is 5.20. The number of thiophene rings is 1. The zero-order valence-corrected chi connectivity index (χ0v) is 18.5. The molecule has 3 amide bonds. The lowest BCUT2D eigenvalue weighted by atomic mass is 10.1. The molecule has 4 rings (SSSR count). The van der Waals surface area contributed by atoms with Gasteiger partial charge in [0.15, 0.2) is 6.61 Å². The first-order valence-corrected chi connectivity index (χ1v) is 10.6. The molecule has 0 unspecified atom stereocenters. The van der Waals surface area contributed by atoms with Crippen molar-refractivity contribution in [2.45, 2.75) is 19.9 Å². The van der Waals surface area contributed by atoms with E-state index in [-0.39, 0.29) is 37.2 Å². The van der Waals surface area contributed by atoms with Crippen LogP contribution in [0.4, 0.5) is 5.69 Å². The third kappa shape index (κ3) is 4.19. The number of fused-ring (bicyclic) bond motifs is 2. The number of benzene rings is 1. The van der Waals surface area contributed by atoms with E-state index in [1.165, 1.54) is 16.2 Å². The number of carbonyl (C=O) groups excluding carboxylic acids is 3. The second-order valence-corrected chi connectivity index (χ2v) is 8.64. The molecule has 11 heteroatoms. The van der Waals surface area contributed by atoms with Crippen LogP contribution in [-0.4, -0.2) is 53.3 Å². The fourth-order valence-electron chi connectivity index (χ4n) is 3.27. The number of anilines is 1. The normalized spacial score (nSPS) is 12.7. The molecule has 1 aliphatic rings. The van der Waals surface area contributed by atoms with Crippen molar-refractivity contribution in [2.75, 3.05) is 26.0 Å². The zero-order chi connectivity index (χ0) is 23.0. The Kier molecular flexibility index (Phi) is 5.66. The highest BCUT2D eigenvalue weighted by Gasteiger charge is 2.20. The number of H-pyrrole nitrogens is 1. The number of nitrogens with zero attached hydrogens (tertiary/aromatic N) is 2. The van der Waals surface area contributed by atoms with Gasteiger partial charge in [-0.1, -0.05) is 6.07 Å². The fraction of sp³-hybridized carbons (Fsp3) is 0.286. The summed E-state index contributed by atoms with van der Waals surface area (Å²) in [5, 5.41) is 5.81. The van der Waals surface area contributed by atoms with Crippen molar-refractivity contribution in [3.05, 3.63) is 50.4 Å². The lowest BCUT2D eigenvalue weighted by Crippen LogP contribution is -2.28. The van der Waals surface area contributed by atoms with Crippen LogP contribution >= 0.6 is 11.3 Å². The maximum absolute atomic E-state index is 12.6. The quantitative estimate of drug-likeness (QED) is 0.529. The highest BCUT2D eigenvalue weighted by molar-refractivity contribution is 7.18. The van der Waals surface area contributed by atoms with Crippen LogP contribution < -0.4 is 20.9 Å². The van der Waals surface area contributed by atoms with Crippen molar-refractivity contribution in [3.63, 3.8) is 0 Å². The van der Waals surface area contributed by atoms with Crippen molar-refractivity contribution in [3.8, 4) is 5.75 Å². The number of hydrogen-bond acceptors (Lipinski definition) is 7. The second-order valence-electron chi connectivity index (χ2n) is 7.56. The van der Waals surface area contributed by atoms with E-state index in [1.807, 2.05) is 0 Å². The van der Waals surface area contributed by atoms with Gasteiger partial charge in [-0.05, 0) is 30.2 Å². The number of aromatic nitrogens is 2. The first kappa shape index (κ1) is 21.5. The minimum absolute atomic E-state index is 0.0300.